The summed E-state index contributed by atoms with van der Waals surface area (Å²) in [6.07, 6.45) is 8.42. The van der Waals surface area contributed by atoms with Crippen molar-refractivity contribution >= 4 is 216 Å². The second kappa shape index (κ2) is 41.8. The molecule has 568 valence electrons. The fraction of sp³-hybridized carbons (Fsp3) is 0.0882. The second-order valence-corrected chi connectivity index (χ2v) is 31.9. The van der Waals surface area contributed by atoms with Crippen LogP contribution in [0.3, 0.4) is 0 Å². The van der Waals surface area contributed by atoms with Gasteiger partial charge in [-0.2, -0.15) is 0 Å². The van der Waals surface area contributed by atoms with E-state index >= 15 is 0 Å². The Bertz CT molecular complexity index is 5350. The Labute approximate surface area is 676 Å². The molecule has 42 heteroatoms. The summed E-state index contributed by atoms with van der Waals surface area (Å²) in [4.78, 5) is 137. The molecule has 6 aromatic heterocycles. The number of nitrogens with one attached hydrogen (secondary N) is 6. The third kappa shape index (κ3) is 26.5. The molecule has 0 fully saturated rings. The highest BCUT2D eigenvalue weighted by Crippen LogP contribution is 2.33. The van der Waals surface area contributed by atoms with Crippen LogP contribution >= 0.6 is 127 Å². The minimum Gasteiger partial charge on any atom is -0.507 e. The van der Waals surface area contributed by atoms with Crippen molar-refractivity contribution in [2.24, 2.45) is 0 Å². The van der Waals surface area contributed by atoms with Gasteiger partial charge in [0.1, 0.15) is 51.2 Å². The van der Waals surface area contributed by atoms with Crippen molar-refractivity contribution in [1.82, 2.24) is 29.9 Å². The number of ether oxygens (including phenoxy) is 3. The maximum absolute atomic E-state index is 12.2. The van der Waals surface area contributed by atoms with E-state index in [0.717, 1.165) is 68.9 Å². The van der Waals surface area contributed by atoms with Crippen molar-refractivity contribution < 1.29 is 77.7 Å². The van der Waals surface area contributed by atoms with Crippen molar-refractivity contribution in [2.75, 3.05) is 39.0 Å². The molecule has 9 N–H and O–H groups in total. The highest BCUT2D eigenvalue weighted by atomic mass is 79.9. The number of halogens is 4. The molecule has 32 nitrogen and oxygen atoms in total. The van der Waals surface area contributed by atoms with Gasteiger partial charge in [0.05, 0.1) is 86.5 Å². The van der Waals surface area contributed by atoms with E-state index in [9.17, 15) is 73.9 Å². The molecule has 6 amide bonds. The van der Waals surface area contributed by atoms with Crippen LogP contribution in [0, 0.1) is 41.0 Å². The van der Waals surface area contributed by atoms with Crippen LogP contribution in [0.25, 0.3) is 0 Å². The predicted octanol–water partition coefficient (Wildman–Crippen LogP) is 17.0. The van der Waals surface area contributed by atoms with E-state index < -0.39 is 39.5 Å². The van der Waals surface area contributed by atoms with Crippen molar-refractivity contribution in [1.29, 1.82) is 0 Å². The Hall–Kier alpha value is -11.4. The summed E-state index contributed by atoms with van der Waals surface area (Å²) >= 11 is 22.1. The quantitative estimate of drug-likeness (QED) is 0.0177. The van der Waals surface area contributed by atoms with E-state index in [1.54, 1.807) is 111 Å². The van der Waals surface area contributed by atoms with Crippen LogP contribution in [0.15, 0.2) is 176 Å². The Kier molecular flexibility index (Phi) is 32.6. The van der Waals surface area contributed by atoms with E-state index in [2.05, 4.69) is 110 Å². The molecule has 0 spiro atoms. The molecule has 12 rings (SSSR count). The highest BCUT2D eigenvalue weighted by Gasteiger charge is 2.22. The Morgan fingerprint density at radius 2 is 0.745 bits per heavy atom. The van der Waals surface area contributed by atoms with Gasteiger partial charge in [0.2, 0.25) is 0 Å². The molecular formula is C68H54Br3ClN14O18S6. The number of anilines is 6. The van der Waals surface area contributed by atoms with Crippen LogP contribution in [0.2, 0.25) is 4.34 Å². The number of hydrogen-bond donors (Lipinski definition) is 9. The molecule has 6 aromatic carbocycles. The Morgan fingerprint density at radius 1 is 0.409 bits per heavy atom. The van der Waals surface area contributed by atoms with E-state index in [-0.39, 0.29) is 89.0 Å². The molecule has 110 heavy (non-hydrogen) atoms. The number of aromatic hydroxyl groups is 3. The molecule has 0 bridgehead atoms. The molecule has 0 saturated carbocycles. The number of para-hydroxylation sites is 5. The van der Waals surface area contributed by atoms with E-state index in [4.69, 9.17) is 25.8 Å². The summed E-state index contributed by atoms with van der Waals surface area (Å²) in [5, 5.41) is 66.7. The van der Waals surface area contributed by atoms with E-state index in [1.807, 2.05) is 26.0 Å². The zero-order chi connectivity index (χ0) is 80.3. The van der Waals surface area contributed by atoms with Gasteiger partial charge < -0.3 is 29.5 Å². The molecule has 0 saturated heterocycles. The van der Waals surface area contributed by atoms with Crippen LogP contribution in [0.1, 0.15) is 92.7 Å². The first kappa shape index (κ1) is 85.8. The minimum absolute atomic E-state index is 0.0457. The third-order valence-electron chi connectivity index (χ3n) is 13.0. The number of nitrogens with zero attached hydrogens (tertiary/aromatic N) is 8. The van der Waals surface area contributed by atoms with E-state index in [0.29, 0.717) is 47.3 Å². The standard InChI is InChI=1S/C13H11BrN2O3S.C12H11BrN2O2S.C12H9N3O5S.C11H9ClN2O2S.C10H7BrN2O2S.C10H7N3O4S/c1-7-4-3-5-9(11(7)19-8(2)17)12(18)16-13-15-6-10(14)20-13;1-7-4-3-5-8(10(7)17-2)11(16)15-12-14-6-9(13)18-12;1-7(16)20-9-5-3-2-4-8(9)11(17)14-12-13-6-10(21-12)15(18)19;1-6-2-3-8(15)7(4-6)10(16)14-11-13-5-9(12)17-11;11-8-5-12-10(16-8)13-9(15)6-3-1-2-4-7(6)14;14-7-4-2-1-3-6(7)9(15)12-10-11-5-8(18-10)13(16)17/h3-6H,1-2H3,(H,15,16,18);3-6H,1-2H3,(H,14,15,16);2-6H,1H3,(H,13,14,17);2-5,15H,1H3,(H,13,14,16);1-5,14H,(H,12,13,15);1-5,14H,(H,11,12,15). The molecular weight excluding hydrogens is 1770 g/mol. The van der Waals surface area contributed by atoms with Crippen LogP contribution in [0.5, 0.6) is 34.5 Å². The van der Waals surface area contributed by atoms with Gasteiger partial charge in [0.25, 0.3) is 35.4 Å². The lowest BCUT2D eigenvalue weighted by atomic mass is 10.1. The lowest BCUT2D eigenvalue weighted by molar-refractivity contribution is -0.380. The number of rotatable bonds is 17. The van der Waals surface area contributed by atoms with Gasteiger partial charge in [-0.1, -0.05) is 129 Å². The average Bonchev–Trinajstić information content (AvgIpc) is 1.23. The second-order valence-electron chi connectivity index (χ2n) is 21.0. The number of nitro groups is 2. The molecule has 12 aromatic rings. The zero-order valence-corrected chi connectivity index (χ0v) is 67.5. The van der Waals surface area contributed by atoms with E-state index in [1.165, 1.54) is 90.5 Å². The third-order valence-corrected chi connectivity index (χ3v) is 20.0. The SMILES string of the molecule is CC(=O)Oc1c(C)cccc1C(=O)Nc1ncc(Br)s1.CC(=O)Oc1ccccc1C(=O)Nc1ncc([N+](=O)[O-])s1.COc1c(C)cccc1C(=O)Nc1ncc(Br)s1.Cc1ccc(O)c(C(=O)Nc2ncc(Cl)s2)c1.O=C(Nc1ncc(Br)s1)c1ccccc1O.O=C(Nc1ncc([N+](=O)[O-])s1)c1ccccc1O. The van der Waals surface area contributed by atoms with Gasteiger partial charge in [-0.3, -0.25) is 90.5 Å². The number of methoxy groups -OCH3 is 1. The summed E-state index contributed by atoms with van der Waals surface area (Å²) in [6, 6.07) is 33.9. The molecule has 0 atom stereocenters. The van der Waals surface area contributed by atoms with Gasteiger partial charge in [-0.25, -0.2) is 29.9 Å². The highest BCUT2D eigenvalue weighted by molar-refractivity contribution is 9.11. The zero-order valence-electron chi connectivity index (χ0n) is 57.1. The van der Waals surface area contributed by atoms with Gasteiger partial charge in [-0.05, 0) is 163 Å². The number of carbonyl (C=O) groups excluding carboxylic acids is 8. The lowest BCUT2D eigenvalue weighted by Gasteiger charge is -2.10. The summed E-state index contributed by atoms with van der Waals surface area (Å²) < 4.78 is 18.3. The van der Waals surface area contributed by atoms with Gasteiger partial charge in [-0.15, -0.1) is 0 Å². The van der Waals surface area contributed by atoms with Crippen molar-refractivity contribution in [3.8, 4) is 34.5 Å². The largest absolute Gasteiger partial charge is 0.507 e. The lowest BCUT2D eigenvalue weighted by Crippen LogP contribution is -2.15. The summed E-state index contributed by atoms with van der Waals surface area (Å²) in [5.74, 6) is -2.85. The monoisotopic (exact) mass is 1820 g/mol. The van der Waals surface area contributed by atoms with Crippen molar-refractivity contribution in [3.63, 3.8) is 0 Å². The number of esters is 2. The first-order chi connectivity index (χ1) is 52.4. The molecule has 0 unspecified atom stereocenters. The maximum Gasteiger partial charge on any atom is 0.345 e. The number of hydrogen-bond acceptors (Lipinski definition) is 30. The number of aryl methyl sites for hydroxylation is 3. The maximum atomic E-state index is 12.2. The molecule has 0 radical (unpaired) electrons. The fourth-order valence-corrected chi connectivity index (χ4v) is 13.7. The van der Waals surface area contributed by atoms with Crippen LogP contribution in [0.4, 0.5) is 40.8 Å². The topological polar surface area (TPSA) is 461 Å². The molecule has 0 aliphatic heterocycles. The summed E-state index contributed by atoms with van der Waals surface area (Å²) in [5.41, 5.74) is 3.99. The molecule has 6 heterocycles. The first-order valence-corrected chi connectivity index (χ1v) is 38.1. The molecule has 0 aliphatic carbocycles. The number of carbonyl (C=O) groups is 8. The number of phenols is 3. The van der Waals surface area contributed by atoms with Crippen molar-refractivity contribution in [3.05, 3.63) is 251 Å². The first-order valence-electron chi connectivity index (χ1n) is 30.4. The van der Waals surface area contributed by atoms with Crippen LogP contribution in [-0.2, 0) is 9.59 Å². The fourth-order valence-electron chi connectivity index (χ4n) is 8.33. The number of aromatic nitrogens is 6. The minimum atomic E-state index is -0.597. The Morgan fingerprint density at radius 3 is 1.13 bits per heavy atom. The Balaban J connectivity index is 0.000000184. The van der Waals surface area contributed by atoms with Gasteiger partial charge >= 0.3 is 21.9 Å². The van der Waals surface area contributed by atoms with Gasteiger partial charge in [0, 0.05) is 13.8 Å². The van der Waals surface area contributed by atoms with Crippen LogP contribution in [-0.4, -0.2) is 110 Å². The van der Waals surface area contributed by atoms with Gasteiger partial charge in [0.15, 0.2) is 30.8 Å². The number of amides is 6. The number of phenolic OH excluding ortho intramolecular Hbond substituents is 3. The smallest absolute Gasteiger partial charge is 0.345 e. The van der Waals surface area contributed by atoms with Crippen molar-refractivity contribution in [2.45, 2.75) is 34.6 Å². The average molecular weight is 1820 g/mol. The number of benzene rings is 6. The summed E-state index contributed by atoms with van der Waals surface area (Å²) in [6.45, 7) is 8.03. The predicted molar refractivity (Wildman–Crippen MR) is 429 cm³/mol. The number of thiazole rings is 6. The van der Waals surface area contributed by atoms with Crippen LogP contribution < -0.4 is 46.1 Å². The normalized spacial score (nSPS) is 10.1. The summed E-state index contributed by atoms with van der Waals surface area (Å²) in [7, 11) is 1.55. The molecule has 0 aliphatic rings.